The molecular formula is C23H28FN3O4. The van der Waals surface area contributed by atoms with E-state index < -0.39 is 23.7 Å². The van der Waals surface area contributed by atoms with Gasteiger partial charge in [0.05, 0.1) is 19.9 Å². The number of ether oxygens (including phenoxy) is 2. The lowest BCUT2D eigenvalue weighted by Gasteiger charge is -2.20. The number of amides is 2. The molecule has 7 nitrogen and oxygen atoms in total. The van der Waals surface area contributed by atoms with E-state index >= 15 is 0 Å². The quantitative estimate of drug-likeness (QED) is 0.447. The third-order valence-corrected chi connectivity index (χ3v) is 4.38. The van der Waals surface area contributed by atoms with Gasteiger partial charge >= 0.3 is 0 Å². The molecule has 166 valence electrons. The topological polar surface area (TPSA) is 89.0 Å². The summed E-state index contributed by atoms with van der Waals surface area (Å²) in [6, 6.07) is 9.61. The fraction of sp³-hybridized carbons (Fsp3) is 0.348. The van der Waals surface area contributed by atoms with Gasteiger partial charge < -0.3 is 14.8 Å². The van der Waals surface area contributed by atoms with Crippen LogP contribution < -0.4 is 20.2 Å². The molecule has 8 heteroatoms. The fourth-order valence-corrected chi connectivity index (χ4v) is 2.70. The van der Waals surface area contributed by atoms with Gasteiger partial charge in [-0.05, 0) is 60.4 Å². The van der Waals surface area contributed by atoms with E-state index in [0.717, 1.165) is 6.42 Å². The van der Waals surface area contributed by atoms with Crippen molar-refractivity contribution < 1.29 is 23.5 Å². The first-order valence-corrected chi connectivity index (χ1v) is 10.1. The molecule has 2 N–H and O–H groups in total. The van der Waals surface area contributed by atoms with Crippen molar-refractivity contribution in [2.45, 2.75) is 33.2 Å². The minimum atomic E-state index is -0.811. The Bertz CT molecular complexity index is 914. The summed E-state index contributed by atoms with van der Waals surface area (Å²) in [5.74, 6) is -0.355. The van der Waals surface area contributed by atoms with Crippen LogP contribution in [-0.2, 0) is 4.79 Å². The fourth-order valence-electron chi connectivity index (χ4n) is 2.70. The Balaban J connectivity index is 2.01. The summed E-state index contributed by atoms with van der Waals surface area (Å²) in [7, 11) is 1.55. The van der Waals surface area contributed by atoms with E-state index in [0.29, 0.717) is 23.7 Å². The van der Waals surface area contributed by atoms with Gasteiger partial charge in [0.1, 0.15) is 11.9 Å². The number of hydrogen-bond donors (Lipinski definition) is 2. The lowest BCUT2D eigenvalue weighted by atomic mass is 10.0. The van der Waals surface area contributed by atoms with E-state index in [1.807, 2.05) is 6.92 Å². The molecule has 0 aromatic heterocycles. The van der Waals surface area contributed by atoms with Crippen LogP contribution in [0.25, 0.3) is 0 Å². The van der Waals surface area contributed by atoms with Gasteiger partial charge in [-0.3, -0.25) is 9.59 Å². The van der Waals surface area contributed by atoms with Gasteiger partial charge in [-0.2, -0.15) is 5.10 Å². The average molecular weight is 429 g/mol. The highest BCUT2D eigenvalue weighted by atomic mass is 19.1. The van der Waals surface area contributed by atoms with Gasteiger partial charge in [-0.25, -0.2) is 9.82 Å². The molecule has 0 aliphatic heterocycles. The van der Waals surface area contributed by atoms with Crippen molar-refractivity contribution in [2.75, 3.05) is 13.7 Å². The number of nitrogens with one attached hydrogen (secondary N) is 2. The van der Waals surface area contributed by atoms with E-state index in [1.54, 1.807) is 39.2 Å². The largest absolute Gasteiger partial charge is 0.493 e. The Morgan fingerprint density at radius 2 is 1.84 bits per heavy atom. The van der Waals surface area contributed by atoms with Crippen LogP contribution in [0.2, 0.25) is 0 Å². The Hall–Kier alpha value is -3.42. The Kier molecular flexibility index (Phi) is 8.99. The van der Waals surface area contributed by atoms with Crippen molar-refractivity contribution in [1.82, 2.24) is 10.7 Å². The van der Waals surface area contributed by atoms with E-state index in [2.05, 4.69) is 15.8 Å². The number of hydrogen-bond acceptors (Lipinski definition) is 5. The van der Waals surface area contributed by atoms with Crippen LogP contribution in [-0.4, -0.2) is 37.8 Å². The van der Waals surface area contributed by atoms with Crippen molar-refractivity contribution in [3.63, 3.8) is 0 Å². The third kappa shape index (κ3) is 7.09. The molecule has 0 saturated heterocycles. The van der Waals surface area contributed by atoms with Gasteiger partial charge in [0.2, 0.25) is 0 Å². The van der Waals surface area contributed by atoms with Crippen molar-refractivity contribution in [3.05, 3.63) is 59.4 Å². The summed E-state index contributed by atoms with van der Waals surface area (Å²) in [5.41, 5.74) is 3.42. The monoisotopic (exact) mass is 429 g/mol. The van der Waals surface area contributed by atoms with Crippen LogP contribution in [0.3, 0.4) is 0 Å². The second-order valence-electron chi connectivity index (χ2n) is 7.20. The molecule has 0 aliphatic carbocycles. The molecule has 2 aromatic carbocycles. The number of carbonyl (C=O) groups is 2. The number of nitrogens with zero attached hydrogens (tertiary/aromatic N) is 1. The summed E-state index contributed by atoms with van der Waals surface area (Å²) in [6.45, 7) is 6.21. The zero-order valence-electron chi connectivity index (χ0n) is 18.1. The SMILES string of the molecule is CCCOc1ccc(/C=N/NC(=O)C(NC(=O)c2ccc(F)cc2)C(C)C)cc1OC. The molecule has 0 aliphatic rings. The first kappa shape index (κ1) is 23.9. The van der Waals surface area contributed by atoms with Gasteiger partial charge in [-0.15, -0.1) is 0 Å². The van der Waals surface area contributed by atoms with E-state index in [1.165, 1.54) is 30.5 Å². The van der Waals surface area contributed by atoms with Crippen LogP contribution in [0.5, 0.6) is 11.5 Å². The van der Waals surface area contributed by atoms with Crippen LogP contribution in [0, 0.1) is 11.7 Å². The van der Waals surface area contributed by atoms with Crippen molar-refractivity contribution >= 4 is 18.0 Å². The highest BCUT2D eigenvalue weighted by Gasteiger charge is 2.24. The van der Waals surface area contributed by atoms with Gasteiger partial charge in [0.15, 0.2) is 11.5 Å². The minimum absolute atomic E-state index is 0.185. The van der Waals surface area contributed by atoms with Crippen LogP contribution in [0.4, 0.5) is 4.39 Å². The van der Waals surface area contributed by atoms with Crippen molar-refractivity contribution in [1.29, 1.82) is 0 Å². The van der Waals surface area contributed by atoms with Crippen LogP contribution in [0.15, 0.2) is 47.6 Å². The predicted octanol–water partition coefficient (Wildman–Crippen LogP) is 3.53. The molecule has 0 heterocycles. The standard InChI is InChI=1S/C23H28FN3O4/c1-5-12-31-19-11-6-16(13-20(19)30-4)14-25-27-23(29)21(15(2)3)26-22(28)17-7-9-18(24)10-8-17/h6-11,13-15,21H,5,12H2,1-4H3,(H,26,28)(H,27,29)/b25-14+. The molecule has 0 radical (unpaired) electrons. The number of methoxy groups -OCH3 is 1. The lowest BCUT2D eigenvalue weighted by molar-refractivity contribution is -0.123. The first-order valence-electron chi connectivity index (χ1n) is 10.1. The van der Waals surface area contributed by atoms with E-state index in [9.17, 15) is 14.0 Å². The average Bonchev–Trinajstić information content (AvgIpc) is 2.76. The Morgan fingerprint density at radius 1 is 1.13 bits per heavy atom. The van der Waals surface area contributed by atoms with Crippen LogP contribution >= 0.6 is 0 Å². The first-order chi connectivity index (χ1) is 14.8. The molecule has 1 atom stereocenters. The maximum absolute atomic E-state index is 13.0. The minimum Gasteiger partial charge on any atom is -0.493 e. The molecule has 1 unspecified atom stereocenters. The number of rotatable bonds is 10. The summed E-state index contributed by atoms with van der Waals surface area (Å²) in [5, 5.41) is 6.64. The molecule has 0 saturated carbocycles. The second-order valence-corrected chi connectivity index (χ2v) is 7.20. The normalized spacial score (nSPS) is 11.9. The summed E-state index contributed by atoms with van der Waals surface area (Å²) in [6.07, 6.45) is 2.36. The zero-order valence-corrected chi connectivity index (χ0v) is 18.1. The molecule has 2 rings (SSSR count). The predicted molar refractivity (Wildman–Crippen MR) is 117 cm³/mol. The smallest absolute Gasteiger partial charge is 0.262 e. The van der Waals surface area contributed by atoms with Gasteiger partial charge in [0.25, 0.3) is 11.8 Å². The Labute approximate surface area is 181 Å². The summed E-state index contributed by atoms with van der Waals surface area (Å²) in [4.78, 5) is 24.9. The second kappa shape index (κ2) is 11.7. The zero-order chi connectivity index (χ0) is 22.8. The van der Waals surface area contributed by atoms with Crippen molar-refractivity contribution in [3.8, 4) is 11.5 Å². The highest BCUT2D eigenvalue weighted by Crippen LogP contribution is 2.27. The van der Waals surface area contributed by atoms with Gasteiger partial charge in [-0.1, -0.05) is 20.8 Å². The summed E-state index contributed by atoms with van der Waals surface area (Å²) < 4.78 is 24.0. The Morgan fingerprint density at radius 3 is 2.45 bits per heavy atom. The van der Waals surface area contributed by atoms with Crippen molar-refractivity contribution in [2.24, 2.45) is 11.0 Å². The number of benzene rings is 2. The van der Waals surface area contributed by atoms with E-state index in [-0.39, 0.29) is 11.5 Å². The number of carbonyl (C=O) groups excluding carboxylic acids is 2. The van der Waals surface area contributed by atoms with Gasteiger partial charge in [0, 0.05) is 5.56 Å². The number of halogens is 1. The molecule has 31 heavy (non-hydrogen) atoms. The molecule has 0 bridgehead atoms. The number of hydrazone groups is 1. The highest BCUT2D eigenvalue weighted by molar-refractivity contribution is 5.97. The molecule has 0 fully saturated rings. The van der Waals surface area contributed by atoms with Crippen LogP contribution in [0.1, 0.15) is 43.1 Å². The third-order valence-electron chi connectivity index (χ3n) is 4.38. The van der Waals surface area contributed by atoms with E-state index in [4.69, 9.17) is 9.47 Å². The lowest BCUT2D eigenvalue weighted by Crippen LogP contribution is -2.48. The summed E-state index contributed by atoms with van der Waals surface area (Å²) >= 11 is 0. The molecule has 2 aromatic rings. The maximum Gasteiger partial charge on any atom is 0.262 e. The molecule has 2 amide bonds. The molecular weight excluding hydrogens is 401 g/mol. The molecule has 0 spiro atoms. The maximum atomic E-state index is 13.0.